The van der Waals surface area contributed by atoms with E-state index in [1.807, 2.05) is 0 Å². The maximum atomic E-state index is 11.8. The SMILES string of the molecule is CCCCCCCCCC[C@@H](C)CCCCCCCCCCCCCC(=O)CCCCCC. The molecule has 0 saturated carbocycles. The van der Waals surface area contributed by atoms with Gasteiger partial charge >= 0.3 is 0 Å². The third kappa shape index (κ3) is 27.8. The lowest BCUT2D eigenvalue weighted by Gasteiger charge is -2.11. The van der Waals surface area contributed by atoms with Crippen molar-refractivity contribution in [1.82, 2.24) is 0 Å². The minimum atomic E-state index is 0.508. The Hall–Kier alpha value is -0.330. The minimum Gasteiger partial charge on any atom is -0.300 e. The number of unbranched alkanes of at least 4 members (excludes halogenated alkanes) is 20. The van der Waals surface area contributed by atoms with Gasteiger partial charge in [-0.25, -0.2) is 0 Å². The van der Waals surface area contributed by atoms with Crippen molar-refractivity contribution >= 4 is 5.78 Å². The standard InChI is InChI=1S/C32H64O/c1-4-6-8-10-11-17-20-23-27-31(3)28-24-21-18-15-13-12-14-16-19-22-26-30-32(33)29-25-9-7-5-2/h31H,4-30H2,1-3H3/t31-/m1/s1. The molecule has 0 amide bonds. The molecule has 0 unspecified atom stereocenters. The van der Waals surface area contributed by atoms with Crippen molar-refractivity contribution < 1.29 is 4.79 Å². The highest BCUT2D eigenvalue weighted by Crippen LogP contribution is 2.19. The summed E-state index contributed by atoms with van der Waals surface area (Å²) < 4.78 is 0. The Kier molecular flexibility index (Phi) is 27.6. The highest BCUT2D eigenvalue weighted by molar-refractivity contribution is 5.78. The van der Waals surface area contributed by atoms with Crippen LogP contribution in [0.2, 0.25) is 0 Å². The van der Waals surface area contributed by atoms with Gasteiger partial charge in [0.05, 0.1) is 0 Å². The van der Waals surface area contributed by atoms with Gasteiger partial charge in [-0.15, -0.1) is 0 Å². The number of carbonyl (C=O) groups excluding carboxylic acids is 1. The van der Waals surface area contributed by atoms with Crippen LogP contribution in [-0.4, -0.2) is 5.78 Å². The second-order valence-corrected chi connectivity index (χ2v) is 11.1. The fraction of sp³-hybridized carbons (Fsp3) is 0.969. The largest absolute Gasteiger partial charge is 0.300 e. The summed E-state index contributed by atoms with van der Waals surface area (Å²) in [6.45, 7) is 7.00. The molecular weight excluding hydrogens is 400 g/mol. The third-order valence-electron chi connectivity index (χ3n) is 7.51. The molecular formula is C32H64O. The number of ketones is 1. The quantitative estimate of drug-likeness (QED) is 0.105. The Morgan fingerprint density at radius 3 is 1.06 bits per heavy atom. The fourth-order valence-electron chi connectivity index (χ4n) is 5.05. The first kappa shape index (κ1) is 32.7. The zero-order chi connectivity index (χ0) is 24.2. The van der Waals surface area contributed by atoms with Crippen LogP contribution in [0.25, 0.3) is 0 Å². The number of rotatable bonds is 28. The maximum absolute atomic E-state index is 11.8. The molecule has 0 radical (unpaired) electrons. The van der Waals surface area contributed by atoms with E-state index in [9.17, 15) is 4.79 Å². The van der Waals surface area contributed by atoms with Crippen LogP contribution >= 0.6 is 0 Å². The van der Waals surface area contributed by atoms with Crippen molar-refractivity contribution in [2.75, 3.05) is 0 Å². The van der Waals surface area contributed by atoms with E-state index in [1.165, 1.54) is 148 Å². The lowest BCUT2D eigenvalue weighted by Crippen LogP contribution is -1.97. The summed E-state index contributed by atoms with van der Waals surface area (Å²) in [4.78, 5) is 11.8. The van der Waals surface area contributed by atoms with Gasteiger partial charge in [-0.3, -0.25) is 4.79 Å². The van der Waals surface area contributed by atoms with E-state index in [1.54, 1.807) is 0 Å². The van der Waals surface area contributed by atoms with Gasteiger partial charge in [0.2, 0.25) is 0 Å². The first-order chi connectivity index (χ1) is 16.2. The van der Waals surface area contributed by atoms with Crippen LogP contribution < -0.4 is 0 Å². The number of Topliss-reactive ketones (excluding diaryl/α,β-unsaturated/α-hetero) is 1. The normalized spacial score (nSPS) is 12.3. The first-order valence-corrected chi connectivity index (χ1v) is 15.7. The fourth-order valence-corrected chi connectivity index (χ4v) is 5.05. The minimum absolute atomic E-state index is 0.508. The number of hydrogen-bond acceptors (Lipinski definition) is 1. The van der Waals surface area contributed by atoms with Gasteiger partial charge in [0.1, 0.15) is 5.78 Å². The van der Waals surface area contributed by atoms with Gasteiger partial charge < -0.3 is 0 Å². The third-order valence-corrected chi connectivity index (χ3v) is 7.51. The summed E-state index contributed by atoms with van der Waals surface area (Å²) in [7, 11) is 0. The van der Waals surface area contributed by atoms with Crippen molar-refractivity contribution in [2.45, 2.75) is 194 Å². The molecule has 0 aromatic carbocycles. The summed E-state index contributed by atoms with van der Waals surface area (Å²) in [5, 5.41) is 0. The van der Waals surface area contributed by atoms with E-state index in [0.717, 1.165) is 31.6 Å². The molecule has 0 N–H and O–H groups in total. The topological polar surface area (TPSA) is 17.1 Å². The van der Waals surface area contributed by atoms with E-state index >= 15 is 0 Å². The van der Waals surface area contributed by atoms with E-state index in [4.69, 9.17) is 0 Å². The lowest BCUT2D eigenvalue weighted by atomic mass is 9.95. The molecule has 0 spiro atoms. The molecule has 0 rings (SSSR count). The van der Waals surface area contributed by atoms with E-state index in [2.05, 4.69) is 20.8 Å². The van der Waals surface area contributed by atoms with Crippen LogP contribution in [0.4, 0.5) is 0 Å². The number of hydrogen-bond donors (Lipinski definition) is 0. The Balaban J connectivity index is 3.19. The molecule has 0 saturated heterocycles. The van der Waals surface area contributed by atoms with Crippen LogP contribution in [0.1, 0.15) is 194 Å². The number of carbonyl (C=O) groups is 1. The molecule has 198 valence electrons. The smallest absolute Gasteiger partial charge is 0.132 e. The highest BCUT2D eigenvalue weighted by atomic mass is 16.1. The summed E-state index contributed by atoms with van der Waals surface area (Å²) in [5.74, 6) is 1.45. The molecule has 0 aliphatic rings. The summed E-state index contributed by atoms with van der Waals surface area (Å²) >= 11 is 0. The second-order valence-electron chi connectivity index (χ2n) is 11.1. The Morgan fingerprint density at radius 2 is 0.697 bits per heavy atom. The average molecular weight is 465 g/mol. The predicted molar refractivity (Wildman–Crippen MR) is 150 cm³/mol. The van der Waals surface area contributed by atoms with E-state index < -0.39 is 0 Å². The molecule has 0 aromatic rings. The first-order valence-electron chi connectivity index (χ1n) is 15.7. The summed E-state index contributed by atoms with van der Waals surface area (Å²) in [6.07, 6.45) is 36.2. The molecule has 0 bridgehead atoms. The zero-order valence-corrected chi connectivity index (χ0v) is 23.6. The van der Waals surface area contributed by atoms with Crippen LogP contribution in [0.3, 0.4) is 0 Å². The summed E-state index contributed by atoms with van der Waals surface area (Å²) in [5.41, 5.74) is 0. The zero-order valence-electron chi connectivity index (χ0n) is 23.6. The van der Waals surface area contributed by atoms with Crippen molar-refractivity contribution in [3.05, 3.63) is 0 Å². The van der Waals surface area contributed by atoms with Gasteiger partial charge in [0.15, 0.2) is 0 Å². The van der Waals surface area contributed by atoms with E-state index in [-0.39, 0.29) is 0 Å². The van der Waals surface area contributed by atoms with Gasteiger partial charge in [-0.2, -0.15) is 0 Å². The van der Waals surface area contributed by atoms with Crippen LogP contribution in [-0.2, 0) is 4.79 Å². The van der Waals surface area contributed by atoms with Gasteiger partial charge in [0, 0.05) is 12.8 Å². The van der Waals surface area contributed by atoms with Gasteiger partial charge in [0.25, 0.3) is 0 Å². The van der Waals surface area contributed by atoms with Gasteiger partial charge in [-0.05, 0) is 18.8 Å². The van der Waals surface area contributed by atoms with Gasteiger partial charge in [-0.1, -0.05) is 168 Å². The second kappa shape index (κ2) is 27.9. The molecule has 1 heteroatoms. The molecule has 0 aliphatic heterocycles. The predicted octanol–water partition coefficient (Wildman–Crippen LogP) is 11.8. The highest BCUT2D eigenvalue weighted by Gasteiger charge is 2.03. The Morgan fingerprint density at radius 1 is 0.424 bits per heavy atom. The molecule has 1 nitrogen and oxygen atoms in total. The average Bonchev–Trinajstić information content (AvgIpc) is 2.81. The van der Waals surface area contributed by atoms with E-state index in [0.29, 0.717) is 5.78 Å². The van der Waals surface area contributed by atoms with Crippen molar-refractivity contribution in [1.29, 1.82) is 0 Å². The maximum Gasteiger partial charge on any atom is 0.132 e. The molecule has 0 heterocycles. The molecule has 0 aromatic heterocycles. The van der Waals surface area contributed by atoms with Crippen LogP contribution in [0.5, 0.6) is 0 Å². The monoisotopic (exact) mass is 464 g/mol. The Bertz CT molecular complexity index is 375. The summed E-state index contributed by atoms with van der Waals surface area (Å²) in [6, 6.07) is 0. The van der Waals surface area contributed by atoms with Crippen molar-refractivity contribution in [3.63, 3.8) is 0 Å². The molecule has 0 fully saturated rings. The van der Waals surface area contributed by atoms with Crippen molar-refractivity contribution in [3.8, 4) is 0 Å². The molecule has 33 heavy (non-hydrogen) atoms. The van der Waals surface area contributed by atoms with Crippen molar-refractivity contribution in [2.24, 2.45) is 5.92 Å². The lowest BCUT2D eigenvalue weighted by molar-refractivity contribution is -0.119. The Labute approximate surface area is 210 Å². The van der Waals surface area contributed by atoms with Crippen LogP contribution in [0.15, 0.2) is 0 Å². The molecule has 0 aliphatic carbocycles. The molecule has 1 atom stereocenters. The van der Waals surface area contributed by atoms with Crippen LogP contribution in [0, 0.1) is 5.92 Å².